The van der Waals surface area contributed by atoms with Crippen LogP contribution >= 0.6 is 11.3 Å². The Kier molecular flexibility index (Phi) is 6.12. The molecule has 1 saturated heterocycles. The summed E-state index contributed by atoms with van der Waals surface area (Å²) >= 11 is 1.65. The summed E-state index contributed by atoms with van der Waals surface area (Å²) in [6, 6.07) is 4.36. The van der Waals surface area contributed by atoms with E-state index in [0.29, 0.717) is 5.56 Å². The lowest BCUT2D eigenvalue weighted by molar-refractivity contribution is 0.254. The monoisotopic (exact) mass is 513 g/mol. The number of allylic oxidation sites excluding steroid dienone is 2. The van der Waals surface area contributed by atoms with Crippen LogP contribution in [0.25, 0.3) is 27.9 Å². The van der Waals surface area contributed by atoms with Crippen LogP contribution in [0.15, 0.2) is 59.8 Å². The van der Waals surface area contributed by atoms with Gasteiger partial charge in [0.1, 0.15) is 6.07 Å². The van der Waals surface area contributed by atoms with Crippen molar-refractivity contribution in [3.63, 3.8) is 0 Å². The molecular formula is C26H27N9OS. The normalized spacial score (nSPS) is 16.3. The number of aromatic nitrogens is 5. The third-order valence-corrected chi connectivity index (χ3v) is 7.69. The van der Waals surface area contributed by atoms with Gasteiger partial charge in [-0.2, -0.15) is 15.5 Å². The lowest BCUT2D eigenvalue weighted by Gasteiger charge is -2.35. The number of ether oxygens (including phenoxy) is 1. The molecule has 0 spiro atoms. The number of piperazine rings is 1. The summed E-state index contributed by atoms with van der Waals surface area (Å²) in [5.41, 5.74) is 6.39. The van der Waals surface area contributed by atoms with E-state index >= 15 is 0 Å². The second-order valence-electron chi connectivity index (χ2n) is 9.20. The molecule has 0 saturated carbocycles. The number of hydrogen-bond donors (Lipinski definition) is 1. The molecule has 2 aliphatic heterocycles. The Morgan fingerprint density at radius 1 is 1.11 bits per heavy atom. The van der Waals surface area contributed by atoms with Crippen molar-refractivity contribution in [2.75, 3.05) is 51.3 Å². The van der Waals surface area contributed by atoms with E-state index in [1.54, 1.807) is 33.8 Å². The van der Waals surface area contributed by atoms with Gasteiger partial charge in [-0.05, 0) is 17.7 Å². The van der Waals surface area contributed by atoms with Crippen LogP contribution in [0.2, 0.25) is 0 Å². The van der Waals surface area contributed by atoms with Gasteiger partial charge in [0.25, 0.3) is 0 Å². The van der Waals surface area contributed by atoms with Gasteiger partial charge in [0.15, 0.2) is 11.0 Å². The highest BCUT2D eigenvalue weighted by molar-refractivity contribution is 7.14. The number of nitrogens with one attached hydrogen (secondary N) is 1. The lowest BCUT2D eigenvalue weighted by Crippen LogP contribution is -2.47. The molecule has 10 nitrogen and oxygen atoms in total. The zero-order valence-electron chi connectivity index (χ0n) is 20.8. The number of dihydropyridines is 1. The van der Waals surface area contributed by atoms with Gasteiger partial charge in [0.2, 0.25) is 0 Å². The van der Waals surface area contributed by atoms with Gasteiger partial charge in [-0.25, -0.2) is 9.50 Å². The Hall–Kier alpha value is -4.14. The molecule has 0 radical (unpaired) electrons. The molecule has 0 amide bonds. The average molecular weight is 514 g/mol. The first-order chi connectivity index (χ1) is 18.1. The number of fused-ring (bicyclic) bond motifs is 1. The summed E-state index contributed by atoms with van der Waals surface area (Å²) in [6.45, 7) is 5.59. The Balaban J connectivity index is 1.22. The molecule has 4 aromatic rings. The minimum absolute atomic E-state index is 0.537. The van der Waals surface area contributed by atoms with Crippen molar-refractivity contribution < 1.29 is 4.74 Å². The van der Waals surface area contributed by atoms with Crippen LogP contribution in [0.1, 0.15) is 5.56 Å². The fourth-order valence-corrected chi connectivity index (χ4v) is 5.68. The molecule has 6 heterocycles. The second kappa shape index (κ2) is 9.72. The molecule has 0 atom stereocenters. The van der Waals surface area contributed by atoms with Gasteiger partial charge in [-0.15, -0.1) is 11.3 Å². The van der Waals surface area contributed by atoms with E-state index in [0.717, 1.165) is 78.2 Å². The van der Waals surface area contributed by atoms with Crippen LogP contribution in [-0.4, -0.2) is 75.7 Å². The van der Waals surface area contributed by atoms with Gasteiger partial charge >= 0.3 is 0 Å². The van der Waals surface area contributed by atoms with Gasteiger partial charge in [0.05, 0.1) is 36.3 Å². The van der Waals surface area contributed by atoms with Gasteiger partial charge in [0, 0.05) is 80.8 Å². The van der Waals surface area contributed by atoms with Crippen molar-refractivity contribution >= 4 is 22.0 Å². The van der Waals surface area contributed by atoms with E-state index < -0.39 is 0 Å². The van der Waals surface area contributed by atoms with Crippen molar-refractivity contribution in [2.45, 2.75) is 0 Å². The summed E-state index contributed by atoms with van der Waals surface area (Å²) in [4.78, 5) is 9.85. The van der Waals surface area contributed by atoms with Crippen molar-refractivity contribution in [3.8, 4) is 28.5 Å². The molecular weight excluding hydrogens is 486 g/mol. The molecule has 188 valence electrons. The molecule has 0 unspecified atom stereocenters. The number of pyridine rings is 1. The smallest absolute Gasteiger partial charge is 0.186 e. The van der Waals surface area contributed by atoms with Crippen LogP contribution in [0.3, 0.4) is 0 Å². The van der Waals surface area contributed by atoms with Crippen molar-refractivity contribution in [3.05, 3.63) is 65.4 Å². The van der Waals surface area contributed by atoms with Crippen molar-refractivity contribution in [2.24, 2.45) is 7.05 Å². The van der Waals surface area contributed by atoms with E-state index in [1.165, 1.54) is 5.57 Å². The predicted molar refractivity (Wildman–Crippen MR) is 143 cm³/mol. The molecule has 1 N–H and O–H groups in total. The maximum absolute atomic E-state index is 9.70. The predicted octanol–water partition coefficient (Wildman–Crippen LogP) is 2.87. The Morgan fingerprint density at radius 3 is 2.68 bits per heavy atom. The van der Waals surface area contributed by atoms with Crippen molar-refractivity contribution in [1.82, 2.24) is 34.6 Å². The number of rotatable bonds is 6. The lowest BCUT2D eigenvalue weighted by atomic mass is 10.0. The molecule has 2 aliphatic rings. The van der Waals surface area contributed by atoms with Crippen LogP contribution in [-0.2, 0) is 11.8 Å². The summed E-state index contributed by atoms with van der Waals surface area (Å²) < 4.78 is 8.79. The average Bonchev–Trinajstić information content (AvgIpc) is 3.69. The summed E-state index contributed by atoms with van der Waals surface area (Å²) in [5.74, 6) is 0.814. The Morgan fingerprint density at radius 2 is 1.97 bits per heavy atom. The third-order valence-electron chi connectivity index (χ3n) is 6.79. The number of hydrogen-bond acceptors (Lipinski definition) is 9. The van der Waals surface area contributed by atoms with Crippen LogP contribution in [0.5, 0.6) is 0 Å². The highest BCUT2D eigenvalue weighted by Gasteiger charge is 2.22. The molecule has 0 aliphatic carbocycles. The van der Waals surface area contributed by atoms with E-state index in [9.17, 15) is 5.26 Å². The summed E-state index contributed by atoms with van der Waals surface area (Å²) in [5, 5.41) is 24.8. The third kappa shape index (κ3) is 4.57. The number of thiazole rings is 1. The molecule has 6 rings (SSSR count). The van der Waals surface area contributed by atoms with E-state index in [4.69, 9.17) is 9.72 Å². The second-order valence-corrected chi connectivity index (χ2v) is 10.0. The number of nitrogens with zero attached hydrogens (tertiary/aromatic N) is 8. The largest absolute Gasteiger partial charge is 0.483 e. The first kappa shape index (κ1) is 23.3. The number of anilines is 1. The first-order valence-corrected chi connectivity index (χ1v) is 13.0. The Labute approximate surface area is 218 Å². The molecule has 11 heteroatoms. The molecule has 0 aromatic carbocycles. The SMILES string of the molecule is COC1=CC=C(CN2CCN(c3nc(-c4cc(-c5cnn(C)c5)cn5ncc(C#N)c45)cs3)CC2)CN1. The van der Waals surface area contributed by atoms with E-state index in [-0.39, 0.29) is 0 Å². The molecule has 4 aromatic heterocycles. The Bertz CT molecular complexity index is 1550. The van der Waals surface area contributed by atoms with Gasteiger partial charge in [-0.3, -0.25) is 9.58 Å². The van der Waals surface area contributed by atoms with Crippen molar-refractivity contribution in [1.29, 1.82) is 5.26 Å². The number of aryl methyl sites for hydroxylation is 1. The van der Waals surface area contributed by atoms with E-state index in [1.807, 2.05) is 31.7 Å². The molecule has 37 heavy (non-hydrogen) atoms. The number of nitriles is 1. The van der Waals surface area contributed by atoms with Gasteiger partial charge < -0.3 is 15.0 Å². The minimum atomic E-state index is 0.537. The minimum Gasteiger partial charge on any atom is -0.483 e. The zero-order chi connectivity index (χ0) is 25.4. The van der Waals surface area contributed by atoms with Crippen LogP contribution in [0, 0.1) is 11.3 Å². The highest BCUT2D eigenvalue weighted by Crippen LogP contribution is 2.34. The quantitative estimate of drug-likeness (QED) is 0.420. The number of methoxy groups -OCH3 is 1. The summed E-state index contributed by atoms with van der Waals surface area (Å²) in [7, 11) is 3.58. The van der Waals surface area contributed by atoms with Crippen LogP contribution in [0.4, 0.5) is 5.13 Å². The topological polar surface area (TPSA) is 99.5 Å². The molecule has 1 fully saturated rings. The summed E-state index contributed by atoms with van der Waals surface area (Å²) in [6.07, 6.45) is 11.5. The maximum Gasteiger partial charge on any atom is 0.186 e. The highest BCUT2D eigenvalue weighted by atomic mass is 32.1. The molecule has 0 bridgehead atoms. The van der Waals surface area contributed by atoms with E-state index in [2.05, 4.69) is 48.9 Å². The fraction of sp³-hybridized carbons (Fsp3) is 0.308. The fourth-order valence-electron chi connectivity index (χ4n) is 4.81. The first-order valence-electron chi connectivity index (χ1n) is 12.1. The van der Waals surface area contributed by atoms with Gasteiger partial charge in [-0.1, -0.05) is 6.08 Å². The van der Waals surface area contributed by atoms with Crippen LogP contribution < -0.4 is 10.2 Å². The maximum atomic E-state index is 9.70. The zero-order valence-corrected chi connectivity index (χ0v) is 21.6. The standard InChI is InChI=1S/C26H27N9OS/c1-32-15-21(13-29-32)19-9-22(25-20(10-27)12-30-35(25)16-19)23-17-37-26(31-23)34-7-5-33(6-8-34)14-18-3-4-24(36-2)28-11-18/h3-4,9,12-13,15-17,28H,5-8,11,14H2,1-2H3.